The number of nitrogens with zero attached hydrogens (tertiary/aromatic N) is 4. The Morgan fingerprint density at radius 2 is 2.19 bits per heavy atom. The summed E-state index contributed by atoms with van der Waals surface area (Å²) < 4.78 is 14.0. The van der Waals surface area contributed by atoms with E-state index < -0.39 is 0 Å². The lowest BCUT2D eigenvalue weighted by Crippen LogP contribution is -2.58. The van der Waals surface area contributed by atoms with E-state index >= 15 is 0 Å². The van der Waals surface area contributed by atoms with Crippen molar-refractivity contribution in [2.75, 3.05) is 26.8 Å². The molecule has 0 aromatic carbocycles. The summed E-state index contributed by atoms with van der Waals surface area (Å²) in [6.07, 6.45) is 4.84. The number of ether oxygens (including phenoxy) is 2. The van der Waals surface area contributed by atoms with Crippen molar-refractivity contribution >= 4 is 0 Å². The van der Waals surface area contributed by atoms with E-state index in [0.717, 1.165) is 57.9 Å². The van der Waals surface area contributed by atoms with Gasteiger partial charge >= 0.3 is 0 Å². The van der Waals surface area contributed by atoms with E-state index in [9.17, 15) is 0 Å². The average Bonchev–Trinajstić information content (AvgIpc) is 3.16. The summed E-state index contributed by atoms with van der Waals surface area (Å²) in [6.45, 7) is 4.31. The fourth-order valence-electron chi connectivity index (χ4n) is 3.98. The molecular weight excluding hydrogens is 270 g/mol. The summed E-state index contributed by atoms with van der Waals surface area (Å²) in [4.78, 5) is 2.51. The molecule has 3 heterocycles. The molecule has 2 atom stereocenters. The van der Waals surface area contributed by atoms with Gasteiger partial charge in [-0.3, -0.25) is 4.90 Å². The first kappa shape index (κ1) is 13.6. The molecule has 4 rings (SSSR count). The normalized spacial score (nSPS) is 32.4. The van der Waals surface area contributed by atoms with E-state index in [0.29, 0.717) is 12.1 Å². The zero-order chi connectivity index (χ0) is 14.3. The van der Waals surface area contributed by atoms with Crippen LogP contribution in [0.25, 0.3) is 0 Å². The SMILES string of the molecule is CNC1CCC2(CC1N1CCn3cnnc3C1)OCCO2. The van der Waals surface area contributed by atoms with Crippen molar-refractivity contribution in [1.82, 2.24) is 25.0 Å². The molecular formula is C14H23N5O2. The lowest BCUT2D eigenvalue weighted by molar-refractivity contribution is -0.194. The summed E-state index contributed by atoms with van der Waals surface area (Å²) >= 11 is 0. The highest BCUT2D eigenvalue weighted by molar-refractivity contribution is 4.99. The van der Waals surface area contributed by atoms with Gasteiger partial charge in [0.15, 0.2) is 5.79 Å². The van der Waals surface area contributed by atoms with Crippen molar-refractivity contribution in [2.24, 2.45) is 0 Å². The van der Waals surface area contributed by atoms with E-state index in [1.165, 1.54) is 0 Å². The van der Waals surface area contributed by atoms with E-state index in [-0.39, 0.29) is 5.79 Å². The average molecular weight is 293 g/mol. The summed E-state index contributed by atoms with van der Waals surface area (Å²) in [5.41, 5.74) is 0. The van der Waals surface area contributed by atoms with Gasteiger partial charge in [0.1, 0.15) is 12.2 Å². The van der Waals surface area contributed by atoms with Gasteiger partial charge in [-0.1, -0.05) is 0 Å². The van der Waals surface area contributed by atoms with Crippen molar-refractivity contribution in [3.05, 3.63) is 12.2 Å². The van der Waals surface area contributed by atoms with Crippen molar-refractivity contribution in [1.29, 1.82) is 0 Å². The van der Waals surface area contributed by atoms with Gasteiger partial charge in [-0.05, 0) is 13.5 Å². The van der Waals surface area contributed by atoms with Crippen LogP contribution in [-0.4, -0.2) is 64.3 Å². The largest absolute Gasteiger partial charge is 0.347 e. The zero-order valence-corrected chi connectivity index (χ0v) is 12.5. The van der Waals surface area contributed by atoms with Crippen LogP contribution >= 0.6 is 0 Å². The minimum Gasteiger partial charge on any atom is -0.347 e. The summed E-state index contributed by atoms with van der Waals surface area (Å²) in [5.74, 6) is 0.715. The predicted octanol–water partition coefficient (Wildman–Crippen LogP) is -0.0227. The second kappa shape index (κ2) is 5.31. The molecule has 0 amide bonds. The second-order valence-electron chi connectivity index (χ2n) is 6.22. The Bertz CT molecular complexity index is 499. The first-order valence-corrected chi connectivity index (χ1v) is 7.86. The number of likely N-dealkylation sites (N-methyl/N-ethyl adjacent to an activating group) is 1. The molecule has 0 radical (unpaired) electrons. The third kappa shape index (κ3) is 2.38. The van der Waals surface area contributed by atoms with Crippen LogP contribution in [0.4, 0.5) is 0 Å². The van der Waals surface area contributed by atoms with Crippen LogP contribution in [0.2, 0.25) is 0 Å². The number of nitrogens with one attached hydrogen (secondary N) is 1. The maximum absolute atomic E-state index is 5.94. The molecule has 1 saturated carbocycles. The third-order valence-electron chi connectivity index (χ3n) is 5.14. The van der Waals surface area contributed by atoms with Crippen LogP contribution in [0.15, 0.2) is 6.33 Å². The molecule has 2 fully saturated rings. The molecule has 1 N–H and O–H groups in total. The Kier molecular flexibility index (Phi) is 3.45. The van der Waals surface area contributed by atoms with Crippen molar-refractivity contribution < 1.29 is 9.47 Å². The fourth-order valence-corrected chi connectivity index (χ4v) is 3.98. The van der Waals surface area contributed by atoms with Gasteiger partial charge in [0.25, 0.3) is 0 Å². The summed E-state index contributed by atoms with van der Waals surface area (Å²) in [7, 11) is 2.05. The molecule has 1 aromatic heterocycles. The first-order chi connectivity index (χ1) is 10.3. The molecule has 2 unspecified atom stereocenters. The molecule has 0 bridgehead atoms. The van der Waals surface area contributed by atoms with Gasteiger partial charge in [-0.2, -0.15) is 0 Å². The molecule has 21 heavy (non-hydrogen) atoms. The smallest absolute Gasteiger partial charge is 0.170 e. The highest BCUT2D eigenvalue weighted by Gasteiger charge is 2.46. The van der Waals surface area contributed by atoms with Gasteiger partial charge in [0.2, 0.25) is 0 Å². The molecule has 7 nitrogen and oxygen atoms in total. The Morgan fingerprint density at radius 1 is 1.33 bits per heavy atom. The van der Waals surface area contributed by atoms with Crippen LogP contribution in [0.3, 0.4) is 0 Å². The lowest BCUT2D eigenvalue weighted by atomic mass is 9.84. The van der Waals surface area contributed by atoms with Gasteiger partial charge < -0.3 is 19.4 Å². The predicted molar refractivity (Wildman–Crippen MR) is 75.6 cm³/mol. The maximum atomic E-state index is 5.94. The van der Waals surface area contributed by atoms with Crippen LogP contribution in [0, 0.1) is 0 Å². The van der Waals surface area contributed by atoms with E-state index in [1.54, 1.807) is 0 Å². The summed E-state index contributed by atoms with van der Waals surface area (Å²) in [6, 6.07) is 0.908. The van der Waals surface area contributed by atoms with Crippen LogP contribution in [0.5, 0.6) is 0 Å². The molecule has 1 aliphatic carbocycles. The summed E-state index contributed by atoms with van der Waals surface area (Å²) in [5, 5.41) is 11.7. The Labute approximate surface area is 124 Å². The topological polar surface area (TPSA) is 64.4 Å². The van der Waals surface area contributed by atoms with E-state index in [2.05, 4.69) is 32.0 Å². The van der Waals surface area contributed by atoms with Gasteiger partial charge in [0.05, 0.1) is 19.8 Å². The quantitative estimate of drug-likeness (QED) is 0.826. The van der Waals surface area contributed by atoms with Gasteiger partial charge in [0, 0.05) is 38.0 Å². The maximum Gasteiger partial charge on any atom is 0.170 e. The Hall–Kier alpha value is -1.02. The minimum absolute atomic E-state index is 0.344. The lowest BCUT2D eigenvalue weighted by Gasteiger charge is -2.46. The minimum atomic E-state index is -0.344. The van der Waals surface area contributed by atoms with Crippen molar-refractivity contribution in [3.8, 4) is 0 Å². The zero-order valence-electron chi connectivity index (χ0n) is 12.5. The highest BCUT2D eigenvalue weighted by atomic mass is 16.7. The molecule has 2 aliphatic heterocycles. The first-order valence-electron chi connectivity index (χ1n) is 7.86. The van der Waals surface area contributed by atoms with Crippen molar-refractivity contribution in [3.63, 3.8) is 0 Å². The van der Waals surface area contributed by atoms with Crippen LogP contribution in [0.1, 0.15) is 25.1 Å². The number of aromatic nitrogens is 3. The second-order valence-corrected chi connectivity index (χ2v) is 6.22. The van der Waals surface area contributed by atoms with Gasteiger partial charge in [-0.15, -0.1) is 10.2 Å². The molecule has 1 spiro atoms. The Morgan fingerprint density at radius 3 is 3.00 bits per heavy atom. The molecule has 1 aromatic rings. The number of fused-ring (bicyclic) bond motifs is 1. The van der Waals surface area contributed by atoms with Crippen LogP contribution < -0.4 is 5.32 Å². The molecule has 7 heteroatoms. The number of rotatable bonds is 2. The van der Waals surface area contributed by atoms with Gasteiger partial charge in [-0.25, -0.2) is 0 Å². The van der Waals surface area contributed by atoms with E-state index in [1.807, 2.05) is 6.33 Å². The van der Waals surface area contributed by atoms with Crippen molar-refractivity contribution in [2.45, 2.75) is 50.2 Å². The number of hydrogen-bond acceptors (Lipinski definition) is 6. The number of hydrogen-bond donors (Lipinski definition) is 1. The standard InChI is InChI=1S/C14H23N5O2/c1-15-11-2-3-14(20-6-7-21-14)8-12(11)18-4-5-19-10-16-17-13(19)9-18/h10-12,15H,2-9H2,1H3. The third-order valence-corrected chi connectivity index (χ3v) is 5.14. The monoisotopic (exact) mass is 293 g/mol. The fraction of sp³-hybridized carbons (Fsp3) is 0.857. The Balaban J connectivity index is 1.53. The molecule has 1 saturated heterocycles. The van der Waals surface area contributed by atoms with Crippen LogP contribution in [-0.2, 0) is 22.6 Å². The van der Waals surface area contributed by atoms with E-state index in [4.69, 9.17) is 9.47 Å². The molecule has 3 aliphatic rings. The highest BCUT2D eigenvalue weighted by Crippen LogP contribution is 2.38. The molecule has 116 valence electrons.